The Bertz CT molecular complexity index is 1280. The van der Waals surface area contributed by atoms with Gasteiger partial charge in [0.2, 0.25) is 5.82 Å². The van der Waals surface area contributed by atoms with Crippen LogP contribution in [-0.4, -0.2) is 31.5 Å². The molecule has 0 N–H and O–H groups in total. The number of esters is 1. The lowest BCUT2D eigenvalue weighted by Gasteiger charge is -2.29. The third kappa shape index (κ3) is 5.63. The molecule has 2 heterocycles. The molecule has 194 valence electrons. The Labute approximate surface area is 208 Å². The number of rotatable bonds is 5. The summed E-state index contributed by atoms with van der Waals surface area (Å²) in [6, 6.07) is 3.85. The first kappa shape index (κ1) is 25.9. The molecule has 0 saturated carbocycles. The van der Waals surface area contributed by atoms with E-state index in [2.05, 4.69) is 29.1 Å². The lowest BCUT2D eigenvalue weighted by atomic mass is 9.76. The van der Waals surface area contributed by atoms with E-state index in [0.717, 1.165) is 36.6 Å². The average molecular weight is 505 g/mol. The molecule has 0 saturated heterocycles. The Morgan fingerprint density at radius 3 is 2.61 bits per heavy atom. The van der Waals surface area contributed by atoms with E-state index in [1.54, 1.807) is 20.8 Å². The van der Waals surface area contributed by atoms with Crippen LogP contribution in [0.4, 0.5) is 13.2 Å². The van der Waals surface area contributed by atoms with Crippen LogP contribution in [0.3, 0.4) is 0 Å². The van der Waals surface area contributed by atoms with Crippen molar-refractivity contribution in [2.75, 3.05) is 0 Å². The molecule has 1 aliphatic carbocycles. The van der Waals surface area contributed by atoms with Crippen LogP contribution < -0.4 is 0 Å². The maximum absolute atomic E-state index is 13.9. The summed E-state index contributed by atoms with van der Waals surface area (Å²) in [6.07, 6.45) is -2.20. The van der Waals surface area contributed by atoms with Gasteiger partial charge in [0.1, 0.15) is 5.60 Å². The van der Waals surface area contributed by atoms with E-state index >= 15 is 0 Å². The van der Waals surface area contributed by atoms with Crippen molar-refractivity contribution in [2.45, 2.75) is 78.5 Å². The lowest BCUT2D eigenvalue weighted by Crippen LogP contribution is -2.24. The summed E-state index contributed by atoms with van der Waals surface area (Å²) in [4.78, 5) is 16.4. The van der Waals surface area contributed by atoms with Gasteiger partial charge >= 0.3 is 12.1 Å². The first-order valence-electron chi connectivity index (χ1n) is 11.9. The molecular formula is C26H31F3N4O3. The number of halogens is 3. The van der Waals surface area contributed by atoms with E-state index in [1.807, 2.05) is 11.7 Å². The van der Waals surface area contributed by atoms with Gasteiger partial charge < -0.3 is 9.26 Å². The highest BCUT2D eigenvalue weighted by atomic mass is 19.4. The number of ether oxygens (including phenoxy) is 1. The average Bonchev–Trinajstić information content (AvgIpc) is 3.35. The number of benzene rings is 1. The van der Waals surface area contributed by atoms with Crippen LogP contribution in [0.25, 0.3) is 23.0 Å². The minimum absolute atomic E-state index is 0.00207. The normalized spacial score (nSPS) is 15.6. The standard InChI is InChI=1S/C26H31F3N4O3/c1-24(2,3)35-20(34)10-9-15-7-8-16(13-18(15)26(27,28)29)22-30-23(36-32-22)21-17-11-12-25(4,5)14-19(17)33(6)31-21/h7-8,13H,9-12,14H2,1-6H3. The van der Waals surface area contributed by atoms with Gasteiger partial charge in [0.25, 0.3) is 5.89 Å². The van der Waals surface area contributed by atoms with Gasteiger partial charge in [0, 0.05) is 30.3 Å². The van der Waals surface area contributed by atoms with Crippen LogP contribution in [0.1, 0.15) is 69.8 Å². The maximum atomic E-state index is 13.9. The Morgan fingerprint density at radius 2 is 1.94 bits per heavy atom. The zero-order valence-electron chi connectivity index (χ0n) is 21.4. The molecule has 2 aromatic heterocycles. The summed E-state index contributed by atoms with van der Waals surface area (Å²) in [5, 5.41) is 8.51. The molecule has 0 radical (unpaired) electrons. The van der Waals surface area contributed by atoms with Gasteiger partial charge in [-0.25, -0.2) is 0 Å². The van der Waals surface area contributed by atoms with Gasteiger partial charge in [-0.3, -0.25) is 9.48 Å². The van der Waals surface area contributed by atoms with Gasteiger partial charge in [-0.1, -0.05) is 31.1 Å². The van der Waals surface area contributed by atoms with E-state index in [0.29, 0.717) is 5.69 Å². The maximum Gasteiger partial charge on any atom is 0.416 e. The second-order valence-corrected chi connectivity index (χ2v) is 11.1. The minimum Gasteiger partial charge on any atom is -0.460 e. The molecule has 0 amide bonds. The van der Waals surface area contributed by atoms with Gasteiger partial charge in [0.05, 0.1) is 5.56 Å². The van der Waals surface area contributed by atoms with Crippen molar-refractivity contribution in [3.63, 3.8) is 0 Å². The largest absolute Gasteiger partial charge is 0.460 e. The Hall–Kier alpha value is -3.17. The Kier molecular flexibility index (Phi) is 6.51. The van der Waals surface area contributed by atoms with E-state index in [-0.39, 0.29) is 41.1 Å². The minimum atomic E-state index is -4.61. The van der Waals surface area contributed by atoms with E-state index < -0.39 is 23.3 Å². The highest BCUT2D eigenvalue weighted by Gasteiger charge is 2.35. The summed E-state index contributed by atoms with van der Waals surface area (Å²) >= 11 is 0. The fourth-order valence-electron chi connectivity index (χ4n) is 4.53. The number of carbonyl (C=O) groups is 1. The van der Waals surface area contributed by atoms with E-state index in [4.69, 9.17) is 9.26 Å². The highest BCUT2D eigenvalue weighted by molar-refractivity contribution is 5.70. The van der Waals surface area contributed by atoms with Crippen LogP contribution in [0.5, 0.6) is 0 Å². The third-order valence-corrected chi connectivity index (χ3v) is 6.29. The number of hydrogen-bond donors (Lipinski definition) is 0. The van der Waals surface area contributed by atoms with Crippen LogP contribution in [0.2, 0.25) is 0 Å². The molecule has 1 aromatic carbocycles. The van der Waals surface area contributed by atoms with Crippen molar-refractivity contribution in [1.29, 1.82) is 0 Å². The van der Waals surface area contributed by atoms with Gasteiger partial charge in [-0.05, 0) is 63.5 Å². The zero-order chi connectivity index (χ0) is 26.5. The molecule has 0 spiro atoms. The number of fused-ring (bicyclic) bond motifs is 1. The molecular weight excluding hydrogens is 473 g/mol. The van der Waals surface area contributed by atoms with Crippen molar-refractivity contribution < 1.29 is 27.2 Å². The number of carbonyl (C=O) groups excluding carboxylic acids is 1. The van der Waals surface area contributed by atoms with Crippen molar-refractivity contribution in [3.05, 3.63) is 40.6 Å². The summed E-state index contributed by atoms with van der Waals surface area (Å²) in [5.41, 5.74) is 1.52. The van der Waals surface area contributed by atoms with Crippen molar-refractivity contribution in [1.82, 2.24) is 19.9 Å². The summed E-state index contributed by atoms with van der Waals surface area (Å²) < 4.78 is 54.1. The molecule has 0 atom stereocenters. The van der Waals surface area contributed by atoms with Gasteiger partial charge in [-0.15, -0.1) is 0 Å². The predicted molar refractivity (Wildman–Crippen MR) is 127 cm³/mol. The third-order valence-electron chi connectivity index (χ3n) is 6.29. The fraction of sp³-hybridized carbons (Fsp3) is 0.538. The zero-order valence-corrected chi connectivity index (χ0v) is 21.4. The predicted octanol–water partition coefficient (Wildman–Crippen LogP) is 5.95. The topological polar surface area (TPSA) is 83.0 Å². The molecule has 4 rings (SSSR count). The lowest BCUT2D eigenvalue weighted by molar-refractivity contribution is -0.155. The molecule has 0 fully saturated rings. The summed E-state index contributed by atoms with van der Waals surface area (Å²) in [6.45, 7) is 9.55. The number of hydrogen-bond acceptors (Lipinski definition) is 6. The first-order chi connectivity index (χ1) is 16.6. The smallest absolute Gasteiger partial charge is 0.416 e. The molecule has 0 aliphatic heterocycles. The van der Waals surface area contributed by atoms with Crippen LogP contribution >= 0.6 is 0 Å². The summed E-state index contributed by atoms with van der Waals surface area (Å²) in [7, 11) is 1.87. The van der Waals surface area contributed by atoms with Crippen molar-refractivity contribution in [2.24, 2.45) is 12.5 Å². The SMILES string of the molecule is Cn1nc(-c2nc(-c3ccc(CCC(=O)OC(C)(C)C)c(C(F)(F)F)c3)no2)c2c1CC(C)(C)CC2. The van der Waals surface area contributed by atoms with Gasteiger partial charge in [0.15, 0.2) is 5.69 Å². The quantitative estimate of drug-likeness (QED) is 0.400. The van der Waals surface area contributed by atoms with Gasteiger partial charge in [-0.2, -0.15) is 23.3 Å². The number of aromatic nitrogens is 4. The monoisotopic (exact) mass is 504 g/mol. The number of nitrogens with zero attached hydrogens (tertiary/aromatic N) is 4. The second kappa shape index (κ2) is 9.05. The Morgan fingerprint density at radius 1 is 1.22 bits per heavy atom. The molecule has 1 aliphatic rings. The van der Waals surface area contributed by atoms with E-state index in [1.165, 1.54) is 12.1 Å². The fourth-order valence-corrected chi connectivity index (χ4v) is 4.53. The summed E-state index contributed by atoms with van der Waals surface area (Å²) in [5.74, 6) is -0.321. The molecule has 0 bridgehead atoms. The van der Waals surface area contributed by atoms with Crippen LogP contribution in [0.15, 0.2) is 22.7 Å². The second-order valence-electron chi connectivity index (χ2n) is 11.1. The number of aryl methyl sites for hydroxylation is 2. The first-order valence-corrected chi connectivity index (χ1v) is 11.9. The molecule has 10 heteroatoms. The van der Waals surface area contributed by atoms with Crippen molar-refractivity contribution in [3.8, 4) is 23.0 Å². The van der Waals surface area contributed by atoms with E-state index in [9.17, 15) is 18.0 Å². The number of alkyl halides is 3. The molecule has 36 heavy (non-hydrogen) atoms. The molecule has 3 aromatic rings. The highest BCUT2D eigenvalue weighted by Crippen LogP contribution is 2.39. The van der Waals surface area contributed by atoms with Crippen LogP contribution in [0, 0.1) is 5.41 Å². The van der Waals surface area contributed by atoms with Crippen molar-refractivity contribution >= 4 is 5.97 Å². The van der Waals surface area contributed by atoms with Crippen LogP contribution in [-0.2, 0) is 42.0 Å². The Balaban J connectivity index is 1.60. The molecule has 0 unspecified atom stereocenters. The molecule has 7 nitrogen and oxygen atoms in total.